The molecule has 0 bridgehead atoms. The van der Waals surface area contributed by atoms with E-state index in [2.05, 4.69) is 4.90 Å². The first-order valence-corrected chi connectivity index (χ1v) is 9.92. The van der Waals surface area contributed by atoms with Crippen LogP contribution < -0.4 is 9.47 Å². The van der Waals surface area contributed by atoms with Crippen molar-refractivity contribution >= 4 is 11.8 Å². The van der Waals surface area contributed by atoms with Gasteiger partial charge in [-0.1, -0.05) is 30.3 Å². The summed E-state index contributed by atoms with van der Waals surface area (Å²) < 4.78 is 10.7. The Kier molecular flexibility index (Phi) is 5.53. The highest BCUT2D eigenvalue weighted by molar-refractivity contribution is 6.05. The van der Waals surface area contributed by atoms with Crippen molar-refractivity contribution < 1.29 is 19.1 Å². The number of imide groups is 1. The Morgan fingerprint density at radius 3 is 2.00 bits per heavy atom. The van der Waals surface area contributed by atoms with Crippen molar-refractivity contribution in [2.75, 3.05) is 33.9 Å². The summed E-state index contributed by atoms with van der Waals surface area (Å²) in [5.74, 6) is 0.954. The summed E-state index contributed by atoms with van der Waals surface area (Å²) in [5, 5.41) is 0. The fourth-order valence-corrected chi connectivity index (χ4v) is 4.35. The highest BCUT2D eigenvalue weighted by Crippen LogP contribution is 2.35. The molecule has 2 aliphatic heterocycles. The summed E-state index contributed by atoms with van der Waals surface area (Å²) >= 11 is 0. The highest BCUT2D eigenvalue weighted by atomic mass is 16.5. The van der Waals surface area contributed by atoms with Gasteiger partial charge in [0.25, 0.3) is 0 Å². The number of methoxy groups -OCH3 is 2. The third-order valence-corrected chi connectivity index (χ3v) is 5.85. The maximum absolute atomic E-state index is 12.9. The summed E-state index contributed by atoms with van der Waals surface area (Å²) in [6, 6.07) is 15.7. The number of fused-ring (bicyclic) bond motifs is 1. The maximum atomic E-state index is 12.9. The van der Waals surface area contributed by atoms with Gasteiger partial charge in [-0.3, -0.25) is 19.4 Å². The number of amides is 2. The third kappa shape index (κ3) is 3.98. The fourth-order valence-electron chi connectivity index (χ4n) is 4.35. The van der Waals surface area contributed by atoms with E-state index in [1.165, 1.54) is 4.90 Å². The predicted molar refractivity (Wildman–Crippen MR) is 109 cm³/mol. The minimum atomic E-state index is -0.231. The molecule has 2 aromatic rings. The molecule has 0 saturated carbocycles. The second-order valence-electron chi connectivity index (χ2n) is 7.69. The monoisotopic (exact) mass is 394 g/mol. The molecule has 0 radical (unpaired) electrons. The minimum absolute atomic E-state index is 0.0262. The van der Waals surface area contributed by atoms with Crippen LogP contribution in [-0.2, 0) is 22.6 Å². The molecule has 0 unspecified atom stereocenters. The van der Waals surface area contributed by atoms with Gasteiger partial charge < -0.3 is 9.47 Å². The Hall–Kier alpha value is -2.86. The Morgan fingerprint density at radius 1 is 0.862 bits per heavy atom. The zero-order valence-electron chi connectivity index (χ0n) is 16.8. The zero-order valence-corrected chi connectivity index (χ0v) is 16.8. The van der Waals surface area contributed by atoms with Crippen molar-refractivity contribution in [1.29, 1.82) is 0 Å². The minimum Gasteiger partial charge on any atom is -0.497 e. The number of hydrogen-bond donors (Lipinski definition) is 0. The van der Waals surface area contributed by atoms with Crippen LogP contribution in [-0.4, -0.2) is 55.5 Å². The second kappa shape index (κ2) is 8.25. The van der Waals surface area contributed by atoms with Crippen LogP contribution in [0.3, 0.4) is 0 Å². The number of hydrogen-bond acceptors (Lipinski definition) is 5. The lowest BCUT2D eigenvalue weighted by atomic mass is 10.00. The smallest absolute Gasteiger partial charge is 0.234 e. The average Bonchev–Trinajstić information content (AvgIpc) is 3.25. The van der Waals surface area contributed by atoms with E-state index in [0.29, 0.717) is 32.6 Å². The summed E-state index contributed by atoms with van der Waals surface area (Å²) in [6.45, 7) is 2.33. The summed E-state index contributed by atoms with van der Waals surface area (Å²) in [6.07, 6.45) is 0.699. The number of carbonyl (C=O) groups excluding carboxylic acids is 2. The molecule has 0 N–H and O–H groups in total. The molecule has 0 spiro atoms. The van der Waals surface area contributed by atoms with Gasteiger partial charge in [-0.2, -0.15) is 0 Å². The topological polar surface area (TPSA) is 59.1 Å². The normalized spacial score (nSPS) is 21.5. The van der Waals surface area contributed by atoms with Gasteiger partial charge in [-0.15, -0.1) is 0 Å². The Morgan fingerprint density at radius 2 is 1.45 bits per heavy atom. The highest BCUT2D eigenvalue weighted by Gasteiger charge is 2.51. The van der Waals surface area contributed by atoms with Crippen LogP contribution in [0.15, 0.2) is 48.5 Å². The number of nitrogens with zero attached hydrogens (tertiary/aromatic N) is 2. The van der Waals surface area contributed by atoms with E-state index >= 15 is 0 Å². The van der Waals surface area contributed by atoms with Crippen molar-refractivity contribution in [3.05, 3.63) is 59.7 Å². The third-order valence-electron chi connectivity index (χ3n) is 5.85. The SMILES string of the molecule is COc1cc(CN2C[C@@H]3C(=O)N(CCc4ccccc4)C(=O)[C@@H]3C2)cc(OC)c1. The largest absolute Gasteiger partial charge is 0.497 e. The first-order chi connectivity index (χ1) is 14.1. The van der Waals surface area contributed by atoms with Gasteiger partial charge in [-0.25, -0.2) is 0 Å². The molecule has 2 aliphatic rings. The van der Waals surface area contributed by atoms with Gasteiger partial charge in [0, 0.05) is 32.2 Å². The van der Waals surface area contributed by atoms with Crippen LogP contribution in [0, 0.1) is 11.8 Å². The molecule has 2 heterocycles. The predicted octanol–water partition coefficient (Wildman–Crippen LogP) is 2.36. The lowest BCUT2D eigenvalue weighted by molar-refractivity contribution is -0.140. The maximum Gasteiger partial charge on any atom is 0.234 e. The second-order valence-corrected chi connectivity index (χ2v) is 7.69. The standard InChI is InChI=1S/C23H26N2O4/c1-28-18-10-17(11-19(12-18)29-2)13-24-14-20-21(15-24)23(27)25(22(20)26)9-8-16-6-4-3-5-7-16/h3-7,10-12,20-21H,8-9,13-15H2,1-2H3/t20-,21+. The quantitative estimate of drug-likeness (QED) is 0.675. The molecule has 0 aromatic heterocycles. The number of likely N-dealkylation sites (tertiary alicyclic amines) is 2. The van der Waals surface area contributed by atoms with Crippen LogP contribution in [0.4, 0.5) is 0 Å². The Labute approximate surface area is 171 Å². The molecule has 0 aliphatic carbocycles. The van der Waals surface area contributed by atoms with Crippen LogP contribution in [0.1, 0.15) is 11.1 Å². The molecule has 4 rings (SSSR count). The molecule has 2 amide bonds. The van der Waals surface area contributed by atoms with E-state index in [-0.39, 0.29) is 23.7 Å². The first-order valence-electron chi connectivity index (χ1n) is 9.92. The molecule has 152 valence electrons. The number of benzene rings is 2. The molecule has 2 atom stereocenters. The summed E-state index contributed by atoms with van der Waals surface area (Å²) in [5.41, 5.74) is 2.18. The lowest BCUT2D eigenvalue weighted by Gasteiger charge is -2.21. The van der Waals surface area contributed by atoms with E-state index in [9.17, 15) is 9.59 Å². The zero-order chi connectivity index (χ0) is 20.4. The van der Waals surface area contributed by atoms with E-state index in [0.717, 1.165) is 22.6 Å². The summed E-state index contributed by atoms with van der Waals surface area (Å²) in [4.78, 5) is 29.4. The van der Waals surface area contributed by atoms with Crippen molar-refractivity contribution in [3.63, 3.8) is 0 Å². The first kappa shape index (κ1) is 19.5. The van der Waals surface area contributed by atoms with Gasteiger partial charge in [0.1, 0.15) is 11.5 Å². The number of ether oxygens (including phenoxy) is 2. The molecule has 2 saturated heterocycles. The molecular weight excluding hydrogens is 368 g/mol. The molecule has 6 nitrogen and oxygen atoms in total. The Bertz CT molecular complexity index is 853. The molecule has 6 heteroatoms. The van der Waals surface area contributed by atoms with Gasteiger partial charge in [0.15, 0.2) is 0 Å². The molecule has 2 fully saturated rings. The lowest BCUT2D eigenvalue weighted by Crippen LogP contribution is -2.37. The number of rotatable bonds is 7. The van der Waals surface area contributed by atoms with E-state index < -0.39 is 0 Å². The molecule has 2 aromatic carbocycles. The van der Waals surface area contributed by atoms with Crippen LogP contribution in [0.5, 0.6) is 11.5 Å². The van der Waals surface area contributed by atoms with Gasteiger partial charge in [0.05, 0.1) is 26.1 Å². The fraction of sp³-hybridized carbons (Fsp3) is 0.391. The number of carbonyl (C=O) groups is 2. The van der Waals surface area contributed by atoms with Gasteiger partial charge in [0.2, 0.25) is 11.8 Å². The van der Waals surface area contributed by atoms with Crippen molar-refractivity contribution in [1.82, 2.24) is 9.80 Å². The average molecular weight is 394 g/mol. The van der Waals surface area contributed by atoms with E-state index in [4.69, 9.17) is 9.47 Å². The molecular formula is C23H26N2O4. The van der Waals surface area contributed by atoms with Gasteiger partial charge >= 0.3 is 0 Å². The van der Waals surface area contributed by atoms with Crippen LogP contribution in [0.2, 0.25) is 0 Å². The van der Waals surface area contributed by atoms with Crippen molar-refractivity contribution in [3.8, 4) is 11.5 Å². The summed E-state index contributed by atoms with van der Waals surface area (Å²) in [7, 11) is 3.25. The Balaban J connectivity index is 1.39. The van der Waals surface area contributed by atoms with E-state index in [1.54, 1.807) is 14.2 Å². The molecule has 29 heavy (non-hydrogen) atoms. The van der Waals surface area contributed by atoms with Crippen LogP contribution in [0.25, 0.3) is 0 Å². The van der Waals surface area contributed by atoms with Crippen molar-refractivity contribution in [2.45, 2.75) is 13.0 Å². The van der Waals surface area contributed by atoms with E-state index in [1.807, 2.05) is 48.5 Å². The van der Waals surface area contributed by atoms with Gasteiger partial charge in [-0.05, 0) is 29.7 Å². The van der Waals surface area contributed by atoms with Crippen molar-refractivity contribution in [2.24, 2.45) is 11.8 Å². The van der Waals surface area contributed by atoms with Crippen LogP contribution >= 0.6 is 0 Å².